The molecule has 0 aliphatic carbocycles. The van der Waals surface area contributed by atoms with Gasteiger partial charge in [0.15, 0.2) is 9.84 Å². The fourth-order valence-electron chi connectivity index (χ4n) is 3.08. The SMILES string of the molecule is CCCS(=O)(=O)CCN1CC(C)(CC)NCC1C(C)(C)C. The van der Waals surface area contributed by atoms with Crippen LogP contribution in [0.5, 0.6) is 0 Å². The minimum Gasteiger partial charge on any atom is -0.309 e. The summed E-state index contributed by atoms with van der Waals surface area (Å²) in [7, 11) is -2.91. The van der Waals surface area contributed by atoms with Gasteiger partial charge in [0.25, 0.3) is 0 Å². The summed E-state index contributed by atoms with van der Waals surface area (Å²) in [6.07, 6.45) is 1.77. The van der Waals surface area contributed by atoms with E-state index in [1.165, 1.54) is 0 Å². The predicted molar refractivity (Wildman–Crippen MR) is 90.5 cm³/mol. The van der Waals surface area contributed by atoms with Gasteiger partial charge in [-0.3, -0.25) is 4.90 Å². The molecule has 0 aromatic heterocycles. The maximum atomic E-state index is 12.0. The topological polar surface area (TPSA) is 49.4 Å². The van der Waals surface area contributed by atoms with Crippen molar-refractivity contribution >= 4 is 9.84 Å². The average Bonchev–Trinajstić information content (AvgIpc) is 2.35. The molecule has 0 spiro atoms. The summed E-state index contributed by atoms with van der Waals surface area (Å²) in [5.41, 5.74) is 0.243. The Morgan fingerprint density at radius 3 is 2.33 bits per heavy atom. The molecule has 1 aliphatic rings. The van der Waals surface area contributed by atoms with E-state index in [1.807, 2.05) is 6.92 Å². The van der Waals surface area contributed by atoms with Gasteiger partial charge in [0.2, 0.25) is 0 Å². The molecule has 1 N–H and O–H groups in total. The molecule has 0 bridgehead atoms. The number of sulfone groups is 1. The fraction of sp³-hybridized carbons (Fsp3) is 1.00. The smallest absolute Gasteiger partial charge is 0.151 e. The summed E-state index contributed by atoms with van der Waals surface area (Å²) >= 11 is 0. The number of rotatable bonds is 6. The maximum absolute atomic E-state index is 12.0. The van der Waals surface area contributed by atoms with Gasteiger partial charge in [0, 0.05) is 37.0 Å². The lowest BCUT2D eigenvalue weighted by Crippen LogP contribution is -2.66. The van der Waals surface area contributed by atoms with Crippen molar-refractivity contribution < 1.29 is 8.42 Å². The fourth-order valence-corrected chi connectivity index (χ4v) is 4.42. The van der Waals surface area contributed by atoms with Crippen molar-refractivity contribution in [3.63, 3.8) is 0 Å². The van der Waals surface area contributed by atoms with Crippen molar-refractivity contribution in [2.75, 3.05) is 31.1 Å². The molecule has 5 heteroatoms. The Bertz CT molecular complexity index is 428. The zero-order valence-electron chi connectivity index (χ0n) is 14.7. The Kier molecular flexibility index (Phi) is 6.28. The number of hydrogen-bond acceptors (Lipinski definition) is 4. The van der Waals surface area contributed by atoms with Crippen molar-refractivity contribution in [1.82, 2.24) is 10.2 Å². The van der Waals surface area contributed by atoms with Gasteiger partial charge in [-0.15, -0.1) is 0 Å². The first kappa shape index (κ1) is 18.9. The van der Waals surface area contributed by atoms with Crippen LogP contribution in [0.1, 0.15) is 54.4 Å². The standard InChI is InChI=1S/C16H34N2O2S/c1-7-10-21(19,20)11-9-18-13-16(6,8-2)17-12-14(18)15(3,4)5/h14,17H,7-13H2,1-6H3. The molecule has 2 atom stereocenters. The third-order valence-corrected chi connectivity index (χ3v) is 6.53. The predicted octanol–water partition coefficient (Wildman–Crippen LogP) is 2.30. The lowest BCUT2D eigenvalue weighted by Gasteiger charge is -2.50. The molecule has 126 valence electrons. The van der Waals surface area contributed by atoms with Crippen molar-refractivity contribution in [2.24, 2.45) is 5.41 Å². The molecule has 4 nitrogen and oxygen atoms in total. The summed E-state index contributed by atoms with van der Waals surface area (Å²) in [4.78, 5) is 2.40. The van der Waals surface area contributed by atoms with Crippen LogP contribution in [-0.4, -0.2) is 56.0 Å². The molecule has 2 unspecified atom stereocenters. The summed E-state index contributed by atoms with van der Waals surface area (Å²) < 4.78 is 24.0. The lowest BCUT2D eigenvalue weighted by molar-refractivity contribution is 0.0310. The minimum absolute atomic E-state index is 0.0935. The van der Waals surface area contributed by atoms with E-state index in [1.54, 1.807) is 0 Å². The Hall–Kier alpha value is -0.130. The molecule has 1 fully saturated rings. The molecule has 1 aliphatic heterocycles. The Balaban J connectivity index is 2.80. The van der Waals surface area contributed by atoms with Crippen molar-refractivity contribution in [2.45, 2.75) is 66.0 Å². The first-order valence-electron chi connectivity index (χ1n) is 8.22. The van der Waals surface area contributed by atoms with E-state index in [4.69, 9.17) is 0 Å². The molecule has 0 aromatic carbocycles. The Labute approximate surface area is 131 Å². The van der Waals surface area contributed by atoms with E-state index in [9.17, 15) is 8.42 Å². The van der Waals surface area contributed by atoms with Crippen LogP contribution in [0.4, 0.5) is 0 Å². The monoisotopic (exact) mass is 318 g/mol. The van der Waals surface area contributed by atoms with Crippen LogP contribution in [0.25, 0.3) is 0 Å². The van der Waals surface area contributed by atoms with E-state index < -0.39 is 9.84 Å². The number of nitrogens with one attached hydrogen (secondary N) is 1. The Morgan fingerprint density at radius 2 is 1.86 bits per heavy atom. The molecule has 1 rings (SSSR count). The van der Waals surface area contributed by atoms with Crippen LogP contribution in [-0.2, 0) is 9.84 Å². The zero-order valence-corrected chi connectivity index (χ0v) is 15.5. The molecule has 0 saturated carbocycles. The largest absolute Gasteiger partial charge is 0.309 e. The van der Waals surface area contributed by atoms with Gasteiger partial charge in [-0.1, -0.05) is 34.6 Å². The number of piperazine rings is 1. The van der Waals surface area contributed by atoms with Crippen molar-refractivity contribution in [3.05, 3.63) is 0 Å². The summed E-state index contributed by atoms with van der Waals surface area (Å²) in [5.74, 6) is 0.595. The van der Waals surface area contributed by atoms with E-state index in [-0.39, 0.29) is 16.7 Å². The third kappa shape index (κ3) is 5.53. The van der Waals surface area contributed by atoms with Gasteiger partial charge in [0.1, 0.15) is 0 Å². The van der Waals surface area contributed by atoms with E-state index >= 15 is 0 Å². The van der Waals surface area contributed by atoms with Crippen molar-refractivity contribution in [3.8, 4) is 0 Å². The van der Waals surface area contributed by atoms with E-state index in [2.05, 4.69) is 44.8 Å². The summed E-state index contributed by atoms with van der Waals surface area (Å²) in [6, 6.07) is 0.383. The van der Waals surface area contributed by atoms with Gasteiger partial charge in [-0.25, -0.2) is 8.42 Å². The quantitative estimate of drug-likeness (QED) is 0.816. The summed E-state index contributed by atoms with van der Waals surface area (Å²) in [5, 5.41) is 3.66. The highest BCUT2D eigenvalue weighted by Crippen LogP contribution is 2.29. The minimum atomic E-state index is -2.91. The maximum Gasteiger partial charge on any atom is 0.151 e. The normalized spacial score (nSPS) is 28.8. The molecule has 1 saturated heterocycles. The van der Waals surface area contributed by atoms with Crippen LogP contribution in [0.2, 0.25) is 0 Å². The molecule has 1 heterocycles. The van der Waals surface area contributed by atoms with E-state index in [0.29, 0.717) is 24.8 Å². The van der Waals surface area contributed by atoms with Gasteiger partial charge < -0.3 is 5.32 Å². The lowest BCUT2D eigenvalue weighted by atomic mass is 9.81. The Morgan fingerprint density at radius 1 is 1.24 bits per heavy atom. The van der Waals surface area contributed by atoms with Crippen LogP contribution in [0.3, 0.4) is 0 Å². The van der Waals surface area contributed by atoms with Gasteiger partial charge in [-0.05, 0) is 25.2 Å². The number of hydrogen-bond donors (Lipinski definition) is 1. The first-order chi connectivity index (χ1) is 9.53. The van der Waals surface area contributed by atoms with Crippen LogP contribution >= 0.6 is 0 Å². The average molecular weight is 319 g/mol. The van der Waals surface area contributed by atoms with Gasteiger partial charge >= 0.3 is 0 Å². The first-order valence-corrected chi connectivity index (χ1v) is 10.0. The molecular formula is C16H34N2O2S. The van der Waals surface area contributed by atoms with Gasteiger partial charge in [0.05, 0.1) is 5.75 Å². The molecule has 0 aromatic rings. The highest BCUT2D eigenvalue weighted by molar-refractivity contribution is 7.91. The molecular weight excluding hydrogens is 284 g/mol. The highest BCUT2D eigenvalue weighted by atomic mass is 32.2. The molecule has 0 amide bonds. The summed E-state index contributed by atoms with van der Waals surface area (Å²) in [6.45, 7) is 15.6. The zero-order chi connectivity index (χ0) is 16.3. The van der Waals surface area contributed by atoms with Crippen molar-refractivity contribution in [1.29, 1.82) is 0 Å². The second-order valence-electron chi connectivity index (χ2n) is 7.80. The van der Waals surface area contributed by atoms with Crippen LogP contribution in [0.15, 0.2) is 0 Å². The second-order valence-corrected chi connectivity index (χ2v) is 10.1. The van der Waals surface area contributed by atoms with Crippen LogP contribution in [0, 0.1) is 5.41 Å². The molecule has 21 heavy (non-hydrogen) atoms. The third-order valence-electron chi connectivity index (χ3n) is 4.70. The van der Waals surface area contributed by atoms with E-state index in [0.717, 1.165) is 19.5 Å². The van der Waals surface area contributed by atoms with Crippen LogP contribution < -0.4 is 5.32 Å². The highest BCUT2D eigenvalue weighted by Gasteiger charge is 2.39. The van der Waals surface area contributed by atoms with Gasteiger partial charge in [-0.2, -0.15) is 0 Å². The number of nitrogens with zero attached hydrogens (tertiary/aromatic N) is 1. The molecule has 0 radical (unpaired) electrons. The second kappa shape index (κ2) is 6.97.